The average Bonchev–Trinajstić information content (AvgIpc) is 3.25. The zero-order valence-corrected chi connectivity index (χ0v) is 12.0. The van der Waals surface area contributed by atoms with Gasteiger partial charge in [0.05, 0.1) is 6.10 Å². The first kappa shape index (κ1) is 15.7. The van der Waals surface area contributed by atoms with Crippen LogP contribution in [0.3, 0.4) is 0 Å². The molecule has 0 bridgehead atoms. The molecule has 1 aliphatic rings. The molecule has 21 heavy (non-hydrogen) atoms. The number of benzene rings is 1. The summed E-state index contributed by atoms with van der Waals surface area (Å²) in [6.45, 7) is 0.548. The van der Waals surface area contributed by atoms with E-state index >= 15 is 0 Å². The number of hydrogen-bond donors (Lipinski definition) is 2. The maximum Gasteiger partial charge on any atom is 0.317 e. The molecule has 6 heteroatoms. The van der Waals surface area contributed by atoms with Crippen LogP contribution in [-0.4, -0.2) is 42.3 Å². The third kappa shape index (κ3) is 4.67. The van der Waals surface area contributed by atoms with Crippen molar-refractivity contribution in [1.82, 2.24) is 10.2 Å². The van der Waals surface area contributed by atoms with Crippen molar-refractivity contribution in [2.75, 3.05) is 20.1 Å². The quantitative estimate of drug-likeness (QED) is 0.843. The number of rotatable bonds is 6. The van der Waals surface area contributed by atoms with E-state index in [9.17, 15) is 18.7 Å². The molecule has 0 radical (unpaired) electrons. The highest BCUT2D eigenvalue weighted by molar-refractivity contribution is 5.73. The van der Waals surface area contributed by atoms with E-state index in [1.165, 1.54) is 17.0 Å². The highest BCUT2D eigenvalue weighted by Gasteiger charge is 2.31. The number of amides is 2. The van der Waals surface area contributed by atoms with Gasteiger partial charge in [0.2, 0.25) is 0 Å². The van der Waals surface area contributed by atoms with Crippen molar-refractivity contribution in [3.63, 3.8) is 0 Å². The second kappa shape index (κ2) is 6.85. The molecule has 2 N–H and O–H groups in total. The van der Waals surface area contributed by atoms with Crippen molar-refractivity contribution in [3.8, 4) is 0 Å². The van der Waals surface area contributed by atoms with E-state index in [0.717, 1.165) is 18.9 Å². The molecule has 0 heterocycles. The van der Waals surface area contributed by atoms with Crippen molar-refractivity contribution >= 4 is 6.03 Å². The Labute approximate surface area is 122 Å². The Balaban J connectivity index is 1.72. The molecule has 1 aromatic carbocycles. The highest BCUT2D eigenvalue weighted by Crippen LogP contribution is 2.32. The summed E-state index contributed by atoms with van der Waals surface area (Å²) in [6.07, 6.45) is 1.84. The first-order valence-electron chi connectivity index (χ1n) is 7.08. The number of carbonyl (C=O) groups excluding carboxylic acids is 1. The van der Waals surface area contributed by atoms with E-state index in [4.69, 9.17) is 0 Å². The molecule has 4 nitrogen and oxygen atoms in total. The normalized spacial score (nSPS) is 15.6. The Hall–Kier alpha value is -1.69. The fourth-order valence-corrected chi connectivity index (χ4v) is 2.16. The van der Waals surface area contributed by atoms with Gasteiger partial charge in [0, 0.05) is 26.2 Å². The van der Waals surface area contributed by atoms with E-state index in [2.05, 4.69) is 5.32 Å². The van der Waals surface area contributed by atoms with Crippen LogP contribution in [0.2, 0.25) is 0 Å². The third-order valence-electron chi connectivity index (χ3n) is 3.66. The van der Waals surface area contributed by atoms with Gasteiger partial charge in [-0.05, 0) is 36.8 Å². The molecule has 1 aliphatic carbocycles. The van der Waals surface area contributed by atoms with E-state index < -0.39 is 17.7 Å². The second-order valence-corrected chi connectivity index (χ2v) is 5.50. The van der Waals surface area contributed by atoms with Gasteiger partial charge in [-0.15, -0.1) is 0 Å². The smallest absolute Gasteiger partial charge is 0.317 e. The number of nitrogens with zero attached hydrogens (tertiary/aromatic N) is 1. The van der Waals surface area contributed by atoms with Crippen LogP contribution in [0, 0.1) is 17.6 Å². The topological polar surface area (TPSA) is 52.6 Å². The summed E-state index contributed by atoms with van der Waals surface area (Å²) in [4.78, 5) is 13.2. The van der Waals surface area contributed by atoms with Crippen molar-refractivity contribution in [1.29, 1.82) is 0 Å². The van der Waals surface area contributed by atoms with Gasteiger partial charge in [-0.1, -0.05) is 6.07 Å². The van der Waals surface area contributed by atoms with Crippen molar-refractivity contribution in [3.05, 3.63) is 35.4 Å². The Morgan fingerprint density at radius 2 is 2.19 bits per heavy atom. The molecule has 0 aromatic heterocycles. The molecule has 2 amide bonds. The zero-order chi connectivity index (χ0) is 15.4. The molecule has 1 aromatic rings. The van der Waals surface area contributed by atoms with Crippen LogP contribution in [0.15, 0.2) is 18.2 Å². The number of aliphatic hydroxyl groups excluding tert-OH is 1. The van der Waals surface area contributed by atoms with Crippen LogP contribution >= 0.6 is 0 Å². The lowest BCUT2D eigenvalue weighted by atomic mass is 10.1. The Morgan fingerprint density at radius 1 is 1.48 bits per heavy atom. The minimum absolute atomic E-state index is 0.255. The van der Waals surface area contributed by atoms with Gasteiger partial charge >= 0.3 is 6.03 Å². The van der Waals surface area contributed by atoms with Gasteiger partial charge in [-0.25, -0.2) is 13.6 Å². The molecular formula is C15H20F2N2O2. The maximum absolute atomic E-state index is 13.4. The lowest BCUT2D eigenvalue weighted by molar-refractivity contribution is 0.113. The molecule has 1 unspecified atom stereocenters. The third-order valence-corrected chi connectivity index (χ3v) is 3.66. The fourth-order valence-electron chi connectivity index (χ4n) is 2.16. The van der Waals surface area contributed by atoms with Crippen molar-refractivity contribution < 1.29 is 18.7 Å². The van der Waals surface area contributed by atoms with Gasteiger partial charge < -0.3 is 15.3 Å². The SMILES string of the molecule is CN(CC(O)C1CC1)C(=O)NCCc1ccc(F)cc1F. The Morgan fingerprint density at radius 3 is 2.81 bits per heavy atom. The fraction of sp³-hybridized carbons (Fsp3) is 0.533. The predicted octanol–water partition coefficient (Wildman–Crippen LogP) is 1.92. The monoisotopic (exact) mass is 298 g/mol. The van der Waals surface area contributed by atoms with Crippen LogP contribution in [0.5, 0.6) is 0 Å². The number of halogens is 2. The summed E-state index contributed by atoms with van der Waals surface area (Å²) in [6, 6.07) is 3.09. The molecule has 2 rings (SSSR count). The Kier molecular flexibility index (Phi) is 5.12. The highest BCUT2D eigenvalue weighted by atomic mass is 19.1. The number of carbonyl (C=O) groups is 1. The minimum atomic E-state index is -0.617. The minimum Gasteiger partial charge on any atom is -0.391 e. The molecule has 0 saturated heterocycles. The first-order valence-corrected chi connectivity index (χ1v) is 7.08. The van der Waals surface area contributed by atoms with E-state index in [0.29, 0.717) is 18.0 Å². The number of likely N-dealkylation sites (N-methyl/N-ethyl adjacent to an activating group) is 1. The van der Waals surface area contributed by atoms with Crippen LogP contribution < -0.4 is 5.32 Å². The average molecular weight is 298 g/mol. The maximum atomic E-state index is 13.4. The summed E-state index contributed by atoms with van der Waals surface area (Å²) < 4.78 is 26.2. The summed E-state index contributed by atoms with van der Waals surface area (Å²) in [7, 11) is 1.61. The summed E-state index contributed by atoms with van der Waals surface area (Å²) in [5.74, 6) is -0.913. The lowest BCUT2D eigenvalue weighted by Crippen LogP contribution is -2.42. The van der Waals surface area contributed by atoms with Gasteiger partial charge in [0.25, 0.3) is 0 Å². The van der Waals surface area contributed by atoms with Crippen LogP contribution in [0.1, 0.15) is 18.4 Å². The van der Waals surface area contributed by atoms with E-state index in [1.807, 2.05) is 0 Å². The van der Waals surface area contributed by atoms with Gasteiger partial charge in [0.1, 0.15) is 11.6 Å². The lowest BCUT2D eigenvalue weighted by Gasteiger charge is -2.21. The van der Waals surface area contributed by atoms with Gasteiger partial charge in [-0.3, -0.25) is 0 Å². The molecular weight excluding hydrogens is 278 g/mol. The summed E-state index contributed by atoms with van der Waals surface area (Å²) in [5, 5.41) is 12.4. The predicted molar refractivity (Wildman–Crippen MR) is 74.8 cm³/mol. The number of hydrogen-bond acceptors (Lipinski definition) is 2. The molecule has 1 atom stereocenters. The summed E-state index contributed by atoms with van der Waals surface area (Å²) >= 11 is 0. The van der Waals surface area contributed by atoms with Crippen molar-refractivity contribution in [2.24, 2.45) is 5.92 Å². The van der Waals surface area contributed by atoms with Crippen molar-refractivity contribution in [2.45, 2.75) is 25.4 Å². The summed E-state index contributed by atoms with van der Waals surface area (Å²) in [5.41, 5.74) is 0.359. The standard InChI is InChI=1S/C15H20F2N2O2/c1-19(9-14(20)11-2-3-11)15(21)18-7-6-10-4-5-12(16)8-13(10)17/h4-5,8,11,14,20H,2-3,6-7,9H2,1H3,(H,18,21). The molecule has 1 saturated carbocycles. The van der Waals surface area contributed by atoms with Gasteiger partial charge in [0.15, 0.2) is 0 Å². The number of nitrogens with one attached hydrogen (secondary N) is 1. The largest absolute Gasteiger partial charge is 0.391 e. The molecule has 116 valence electrons. The van der Waals surface area contributed by atoms with E-state index in [-0.39, 0.29) is 19.0 Å². The molecule has 1 fully saturated rings. The van der Waals surface area contributed by atoms with E-state index in [1.54, 1.807) is 7.05 Å². The second-order valence-electron chi connectivity index (χ2n) is 5.50. The first-order chi connectivity index (χ1) is 9.97. The van der Waals surface area contributed by atoms with Crippen LogP contribution in [-0.2, 0) is 6.42 Å². The number of aliphatic hydroxyl groups is 1. The molecule has 0 spiro atoms. The molecule has 0 aliphatic heterocycles. The van der Waals surface area contributed by atoms with Crippen LogP contribution in [0.25, 0.3) is 0 Å². The van der Waals surface area contributed by atoms with Gasteiger partial charge in [-0.2, -0.15) is 0 Å². The zero-order valence-electron chi connectivity index (χ0n) is 12.0. The van der Waals surface area contributed by atoms with Crippen LogP contribution in [0.4, 0.5) is 13.6 Å². The number of urea groups is 1. The Bertz CT molecular complexity index is 506.